The van der Waals surface area contributed by atoms with Crippen LogP contribution in [-0.4, -0.2) is 36.7 Å². The maximum atomic E-state index is 5.28. The molecule has 0 saturated heterocycles. The molecule has 0 saturated carbocycles. The van der Waals surface area contributed by atoms with Gasteiger partial charge in [0.2, 0.25) is 0 Å². The van der Waals surface area contributed by atoms with Crippen LogP contribution < -0.4 is 11.3 Å². The molecule has 0 aromatic carbocycles. The van der Waals surface area contributed by atoms with E-state index in [0.29, 0.717) is 0 Å². The maximum absolute atomic E-state index is 5.28. The second-order valence-corrected chi connectivity index (χ2v) is 4.33. The summed E-state index contributed by atoms with van der Waals surface area (Å²) in [7, 11) is 2.06. The van der Waals surface area contributed by atoms with Gasteiger partial charge in [-0.15, -0.1) is 0 Å². The fourth-order valence-corrected chi connectivity index (χ4v) is 1.96. The largest absolute Gasteiger partial charge is 0.380 e. The summed E-state index contributed by atoms with van der Waals surface area (Å²) < 4.78 is 5.28. The molecule has 15 heavy (non-hydrogen) atoms. The van der Waals surface area contributed by atoms with Crippen LogP contribution in [0.2, 0.25) is 0 Å². The van der Waals surface area contributed by atoms with E-state index in [1.54, 1.807) is 11.3 Å². The summed E-state index contributed by atoms with van der Waals surface area (Å²) in [4.78, 5) is 7.50. The van der Waals surface area contributed by atoms with E-state index in [0.717, 1.165) is 31.4 Å². The smallest absolute Gasteiger partial charge is 0.197 e. The Kier molecular flexibility index (Phi) is 5.56. The Morgan fingerprint density at radius 2 is 2.47 bits per heavy atom. The molecule has 0 radical (unpaired) electrons. The lowest BCUT2D eigenvalue weighted by Gasteiger charge is -2.14. The molecule has 86 valence electrons. The Hall–Kier alpha value is -0.690. The van der Waals surface area contributed by atoms with E-state index in [1.165, 1.54) is 4.88 Å². The summed E-state index contributed by atoms with van der Waals surface area (Å²) in [6, 6.07) is 0. The van der Waals surface area contributed by atoms with Crippen LogP contribution in [0.4, 0.5) is 5.13 Å². The molecule has 1 aromatic rings. The van der Waals surface area contributed by atoms with Gasteiger partial charge in [-0.05, 0) is 14.0 Å². The van der Waals surface area contributed by atoms with Crippen molar-refractivity contribution in [3.63, 3.8) is 0 Å². The Labute approximate surface area is 94.2 Å². The number of hydrogen-bond acceptors (Lipinski definition) is 6. The third-order valence-corrected chi connectivity index (χ3v) is 2.84. The number of likely N-dealkylation sites (N-methyl/N-ethyl adjacent to an activating group) is 1. The number of nitrogens with zero attached hydrogens (tertiary/aromatic N) is 2. The number of rotatable bonds is 7. The van der Waals surface area contributed by atoms with Crippen LogP contribution >= 0.6 is 11.3 Å². The first-order valence-corrected chi connectivity index (χ1v) is 5.75. The van der Waals surface area contributed by atoms with E-state index in [-0.39, 0.29) is 0 Å². The maximum Gasteiger partial charge on any atom is 0.197 e. The third kappa shape index (κ3) is 4.57. The van der Waals surface area contributed by atoms with Crippen LogP contribution in [0, 0.1) is 0 Å². The summed E-state index contributed by atoms with van der Waals surface area (Å²) in [5.74, 6) is 5.26. The summed E-state index contributed by atoms with van der Waals surface area (Å²) in [5.41, 5.74) is 2.54. The lowest BCUT2D eigenvalue weighted by atomic mass is 10.5. The standard InChI is InChI=1S/C9H18N4OS/c1-3-14-5-4-13(2)7-8-6-11-9(12-10)15-8/h6H,3-5,7,10H2,1-2H3,(H,11,12). The van der Waals surface area contributed by atoms with Crippen molar-refractivity contribution in [1.82, 2.24) is 9.88 Å². The minimum atomic E-state index is 0.753. The van der Waals surface area contributed by atoms with Crippen LogP contribution in [0.1, 0.15) is 11.8 Å². The summed E-state index contributed by atoms with van der Waals surface area (Å²) >= 11 is 1.57. The molecule has 6 heteroatoms. The van der Waals surface area contributed by atoms with Gasteiger partial charge in [-0.3, -0.25) is 10.3 Å². The minimum absolute atomic E-state index is 0.753. The van der Waals surface area contributed by atoms with Gasteiger partial charge in [0, 0.05) is 30.8 Å². The molecular formula is C9H18N4OS. The number of ether oxygens (including phenoxy) is 1. The van der Waals surface area contributed by atoms with Gasteiger partial charge in [-0.1, -0.05) is 11.3 Å². The average Bonchev–Trinajstić information content (AvgIpc) is 2.66. The molecule has 0 aliphatic rings. The lowest BCUT2D eigenvalue weighted by molar-refractivity contribution is 0.120. The van der Waals surface area contributed by atoms with Crippen LogP contribution in [0.25, 0.3) is 0 Å². The van der Waals surface area contributed by atoms with Gasteiger partial charge in [-0.25, -0.2) is 10.8 Å². The number of aromatic nitrogens is 1. The fraction of sp³-hybridized carbons (Fsp3) is 0.667. The molecule has 1 aromatic heterocycles. The zero-order valence-electron chi connectivity index (χ0n) is 9.19. The number of anilines is 1. The number of thiazole rings is 1. The minimum Gasteiger partial charge on any atom is -0.380 e. The van der Waals surface area contributed by atoms with E-state index in [4.69, 9.17) is 10.6 Å². The highest BCUT2D eigenvalue weighted by Crippen LogP contribution is 2.17. The van der Waals surface area contributed by atoms with Gasteiger partial charge in [0.05, 0.1) is 6.61 Å². The topological polar surface area (TPSA) is 63.4 Å². The molecule has 3 N–H and O–H groups in total. The molecule has 0 unspecified atom stereocenters. The first kappa shape index (κ1) is 12.4. The zero-order chi connectivity index (χ0) is 11.1. The molecule has 0 atom stereocenters. The SMILES string of the molecule is CCOCCN(C)Cc1cnc(NN)s1. The van der Waals surface area contributed by atoms with Gasteiger partial charge in [0.25, 0.3) is 0 Å². The first-order chi connectivity index (χ1) is 7.26. The van der Waals surface area contributed by atoms with Gasteiger partial charge < -0.3 is 4.74 Å². The van der Waals surface area contributed by atoms with Crippen molar-refractivity contribution in [2.24, 2.45) is 5.84 Å². The summed E-state index contributed by atoms with van der Waals surface area (Å²) in [6.07, 6.45) is 1.84. The predicted octanol–water partition coefficient (Wildman–Crippen LogP) is 0.897. The number of nitrogens with one attached hydrogen (secondary N) is 1. The van der Waals surface area contributed by atoms with Crippen molar-refractivity contribution in [3.8, 4) is 0 Å². The van der Waals surface area contributed by atoms with Gasteiger partial charge in [0.15, 0.2) is 5.13 Å². The van der Waals surface area contributed by atoms with Crippen molar-refractivity contribution in [2.75, 3.05) is 32.2 Å². The number of nitrogen functional groups attached to an aromatic ring is 1. The average molecular weight is 230 g/mol. The molecule has 5 nitrogen and oxygen atoms in total. The van der Waals surface area contributed by atoms with Crippen molar-refractivity contribution in [3.05, 3.63) is 11.1 Å². The van der Waals surface area contributed by atoms with Crippen molar-refractivity contribution in [1.29, 1.82) is 0 Å². The molecule has 0 fully saturated rings. The molecule has 0 bridgehead atoms. The van der Waals surface area contributed by atoms with Crippen LogP contribution in [-0.2, 0) is 11.3 Å². The first-order valence-electron chi connectivity index (χ1n) is 4.94. The molecule has 0 aliphatic carbocycles. The van der Waals surface area contributed by atoms with Gasteiger partial charge in [0.1, 0.15) is 0 Å². The third-order valence-electron chi connectivity index (χ3n) is 1.92. The summed E-state index contributed by atoms with van der Waals surface area (Å²) in [5, 5.41) is 0.753. The van der Waals surface area contributed by atoms with Gasteiger partial charge >= 0.3 is 0 Å². The quantitative estimate of drug-likeness (QED) is 0.414. The van der Waals surface area contributed by atoms with E-state index >= 15 is 0 Å². The van der Waals surface area contributed by atoms with Crippen LogP contribution in [0.3, 0.4) is 0 Å². The Balaban J connectivity index is 2.27. The van der Waals surface area contributed by atoms with Crippen molar-refractivity contribution in [2.45, 2.75) is 13.5 Å². The highest BCUT2D eigenvalue weighted by atomic mass is 32.1. The Morgan fingerprint density at radius 1 is 1.67 bits per heavy atom. The molecule has 1 heterocycles. The molecule has 0 aliphatic heterocycles. The number of hydrazine groups is 1. The highest BCUT2D eigenvalue weighted by Gasteiger charge is 2.04. The van der Waals surface area contributed by atoms with Crippen molar-refractivity contribution >= 4 is 16.5 Å². The number of nitrogens with two attached hydrogens (primary N) is 1. The normalized spacial score (nSPS) is 10.9. The monoisotopic (exact) mass is 230 g/mol. The molecule has 0 spiro atoms. The van der Waals surface area contributed by atoms with Crippen LogP contribution in [0.15, 0.2) is 6.20 Å². The highest BCUT2D eigenvalue weighted by molar-refractivity contribution is 7.15. The number of hydrogen-bond donors (Lipinski definition) is 2. The Bertz CT molecular complexity index is 279. The van der Waals surface area contributed by atoms with E-state index in [1.807, 2.05) is 13.1 Å². The van der Waals surface area contributed by atoms with Gasteiger partial charge in [-0.2, -0.15) is 0 Å². The predicted molar refractivity (Wildman–Crippen MR) is 62.8 cm³/mol. The lowest BCUT2D eigenvalue weighted by Crippen LogP contribution is -2.22. The zero-order valence-corrected chi connectivity index (χ0v) is 10.0. The van der Waals surface area contributed by atoms with Crippen LogP contribution in [0.5, 0.6) is 0 Å². The van der Waals surface area contributed by atoms with E-state index in [2.05, 4.69) is 22.4 Å². The molecule has 0 amide bonds. The van der Waals surface area contributed by atoms with E-state index in [9.17, 15) is 0 Å². The summed E-state index contributed by atoms with van der Waals surface area (Å²) in [6.45, 7) is 5.36. The molecule has 1 rings (SSSR count). The second kappa shape index (κ2) is 6.73. The van der Waals surface area contributed by atoms with Crippen molar-refractivity contribution < 1.29 is 4.74 Å². The fourth-order valence-electron chi connectivity index (χ4n) is 1.16. The second-order valence-electron chi connectivity index (χ2n) is 3.21. The van der Waals surface area contributed by atoms with E-state index < -0.39 is 0 Å². The molecular weight excluding hydrogens is 212 g/mol. The Morgan fingerprint density at radius 3 is 3.07 bits per heavy atom.